The number of pyridine rings is 2. The Hall–Kier alpha value is -3.65. The molecule has 2 saturated heterocycles. The van der Waals surface area contributed by atoms with E-state index in [0.29, 0.717) is 17.7 Å². The number of anilines is 3. The van der Waals surface area contributed by atoms with Gasteiger partial charge in [-0.2, -0.15) is 0 Å². The number of fused-ring (bicyclic) bond motifs is 1. The van der Waals surface area contributed by atoms with Crippen LogP contribution in [0.4, 0.5) is 17.3 Å². The van der Waals surface area contributed by atoms with Gasteiger partial charge in [-0.3, -0.25) is 9.59 Å². The lowest BCUT2D eigenvalue weighted by Gasteiger charge is -2.20. The third kappa shape index (κ3) is 5.38. The van der Waals surface area contributed by atoms with Crippen LogP contribution in [0.1, 0.15) is 24.8 Å². The van der Waals surface area contributed by atoms with Crippen LogP contribution in [0.2, 0.25) is 0 Å². The zero-order valence-electron chi connectivity index (χ0n) is 19.9. The van der Waals surface area contributed by atoms with Gasteiger partial charge in [0, 0.05) is 37.6 Å². The molecule has 4 heterocycles. The Balaban J connectivity index is 1.35. The molecule has 0 spiro atoms. The largest absolute Gasteiger partial charge is 0.354 e. The predicted octanol–water partition coefficient (Wildman–Crippen LogP) is 3.19. The summed E-state index contributed by atoms with van der Waals surface area (Å²) in [6, 6.07) is 12.3. The minimum Gasteiger partial charge on any atom is -0.354 e. The van der Waals surface area contributed by atoms with Crippen molar-refractivity contribution in [1.82, 2.24) is 20.2 Å². The molecule has 0 aliphatic carbocycles. The number of nitrogens with zero attached hydrogens (tertiary/aromatic N) is 3. The molecule has 8 heteroatoms. The summed E-state index contributed by atoms with van der Waals surface area (Å²) in [5.74, 6) is 1.15. The summed E-state index contributed by atoms with van der Waals surface area (Å²) in [7, 11) is 0. The van der Waals surface area contributed by atoms with Gasteiger partial charge in [-0.1, -0.05) is 18.7 Å². The molecule has 2 aliphatic heterocycles. The van der Waals surface area contributed by atoms with Gasteiger partial charge < -0.3 is 25.4 Å². The number of carbonyl (C=O) groups is 1. The van der Waals surface area contributed by atoms with Crippen LogP contribution in [-0.2, 0) is 11.2 Å². The number of hydrogen-bond acceptors (Lipinski definition) is 6. The van der Waals surface area contributed by atoms with Gasteiger partial charge in [0.2, 0.25) is 5.91 Å². The summed E-state index contributed by atoms with van der Waals surface area (Å²) in [6.07, 6.45) is 7.44. The molecule has 35 heavy (non-hydrogen) atoms. The molecule has 2 aromatic heterocycles. The zero-order valence-corrected chi connectivity index (χ0v) is 19.9. The maximum absolute atomic E-state index is 12.7. The molecule has 0 radical (unpaired) electrons. The van der Waals surface area contributed by atoms with Crippen molar-refractivity contribution >= 4 is 34.0 Å². The summed E-state index contributed by atoms with van der Waals surface area (Å²) in [4.78, 5) is 36.6. The van der Waals surface area contributed by atoms with Gasteiger partial charge in [-0.25, -0.2) is 4.98 Å². The molecule has 2 fully saturated rings. The Morgan fingerprint density at radius 2 is 1.97 bits per heavy atom. The van der Waals surface area contributed by atoms with Gasteiger partial charge in [-0.05, 0) is 80.1 Å². The van der Waals surface area contributed by atoms with Crippen molar-refractivity contribution in [3.8, 4) is 0 Å². The minimum atomic E-state index is -0.177. The van der Waals surface area contributed by atoms with E-state index in [1.54, 1.807) is 6.20 Å². The average molecular weight is 473 g/mol. The van der Waals surface area contributed by atoms with E-state index in [0.717, 1.165) is 42.8 Å². The smallest absolute Gasteiger partial charge is 0.259 e. The second kappa shape index (κ2) is 10.3. The normalized spacial score (nSPS) is 18.2. The molecule has 8 nitrogen and oxygen atoms in total. The van der Waals surface area contributed by atoms with Crippen LogP contribution >= 0.6 is 0 Å². The second-order valence-electron chi connectivity index (χ2n) is 9.37. The number of benzene rings is 1. The fraction of sp³-hybridized carbons (Fsp3) is 0.370. The molecule has 3 N–H and O–H groups in total. The number of H-pyrrole nitrogens is 1. The summed E-state index contributed by atoms with van der Waals surface area (Å²) in [6.45, 7) is 8.48. The van der Waals surface area contributed by atoms with Crippen LogP contribution in [0.3, 0.4) is 0 Å². The number of nitrogens with one attached hydrogen (secondary N) is 3. The first kappa shape index (κ1) is 23.1. The van der Waals surface area contributed by atoms with Crippen LogP contribution < -0.4 is 21.1 Å². The Bertz CT molecular complexity index is 1260. The van der Waals surface area contributed by atoms with Crippen molar-refractivity contribution in [1.29, 1.82) is 0 Å². The van der Waals surface area contributed by atoms with Crippen LogP contribution in [-0.4, -0.2) is 59.5 Å². The quantitative estimate of drug-likeness (QED) is 0.436. The molecule has 1 aromatic carbocycles. The fourth-order valence-electron chi connectivity index (χ4n) is 4.98. The average Bonchev–Trinajstić information content (AvgIpc) is 3.56. The van der Waals surface area contributed by atoms with E-state index < -0.39 is 0 Å². The topological polar surface area (TPSA) is 93.4 Å². The van der Waals surface area contributed by atoms with Crippen molar-refractivity contribution in [2.75, 3.05) is 42.9 Å². The Morgan fingerprint density at radius 3 is 2.74 bits per heavy atom. The number of aromatic nitrogens is 2. The first-order valence-electron chi connectivity index (χ1n) is 12.4. The molecule has 182 valence electrons. The van der Waals surface area contributed by atoms with Gasteiger partial charge in [0.15, 0.2) is 0 Å². The van der Waals surface area contributed by atoms with Gasteiger partial charge in [0.1, 0.15) is 11.6 Å². The summed E-state index contributed by atoms with van der Waals surface area (Å²) >= 11 is 0. The molecule has 1 amide bonds. The van der Waals surface area contributed by atoms with E-state index in [4.69, 9.17) is 4.98 Å². The molecular weight excluding hydrogens is 440 g/mol. The number of rotatable bonds is 8. The first-order valence-corrected chi connectivity index (χ1v) is 12.4. The van der Waals surface area contributed by atoms with Crippen molar-refractivity contribution in [3.63, 3.8) is 0 Å². The predicted molar refractivity (Wildman–Crippen MR) is 140 cm³/mol. The third-order valence-corrected chi connectivity index (χ3v) is 6.92. The van der Waals surface area contributed by atoms with Crippen LogP contribution in [0.25, 0.3) is 10.8 Å². The second-order valence-corrected chi connectivity index (χ2v) is 9.37. The molecular formula is C27H32N6O2. The van der Waals surface area contributed by atoms with Gasteiger partial charge in [-0.15, -0.1) is 0 Å². The lowest BCUT2D eigenvalue weighted by atomic mass is 10.1. The monoisotopic (exact) mass is 472 g/mol. The number of aromatic amines is 1. The summed E-state index contributed by atoms with van der Waals surface area (Å²) in [5, 5.41) is 7.69. The molecule has 3 aromatic rings. The van der Waals surface area contributed by atoms with E-state index in [1.165, 1.54) is 37.6 Å². The SMILES string of the molecule is C=CC(=O)NC1CCN(c2cc3cc[nH]c(=O)c3c(Nc3ccc(CCN4CCCC4)cc3)n2)C1. The standard InChI is InChI=1S/C27H32N6O2/c1-2-24(34)29-22-11-16-33(18-22)23-17-20-9-12-28-27(35)25(20)26(31-23)30-21-7-5-19(6-8-21)10-15-32-13-3-4-14-32/h2,5-9,12,17,22H,1,3-4,10-11,13-16,18H2,(H,28,35)(H,29,34)(H,30,31). The molecule has 1 atom stereocenters. The lowest BCUT2D eigenvalue weighted by Crippen LogP contribution is -2.36. The van der Waals surface area contributed by atoms with E-state index in [1.807, 2.05) is 24.3 Å². The van der Waals surface area contributed by atoms with Crippen LogP contribution in [0.15, 0.2) is 60.0 Å². The van der Waals surface area contributed by atoms with Gasteiger partial charge in [0.25, 0.3) is 5.56 Å². The van der Waals surface area contributed by atoms with Crippen molar-refractivity contribution in [3.05, 3.63) is 71.2 Å². The van der Waals surface area contributed by atoms with Crippen molar-refractivity contribution in [2.24, 2.45) is 0 Å². The molecule has 0 saturated carbocycles. The number of amides is 1. The highest BCUT2D eigenvalue weighted by atomic mass is 16.1. The van der Waals surface area contributed by atoms with Crippen molar-refractivity contribution < 1.29 is 4.79 Å². The maximum atomic E-state index is 12.7. The Kier molecular flexibility index (Phi) is 6.81. The van der Waals surface area contributed by atoms with E-state index in [9.17, 15) is 9.59 Å². The van der Waals surface area contributed by atoms with Crippen LogP contribution in [0, 0.1) is 0 Å². The Labute approximate surface area is 205 Å². The van der Waals surface area contributed by atoms with Crippen molar-refractivity contribution in [2.45, 2.75) is 31.7 Å². The third-order valence-electron chi connectivity index (χ3n) is 6.92. The van der Waals surface area contributed by atoms with Crippen LogP contribution in [0.5, 0.6) is 0 Å². The van der Waals surface area contributed by atoms with E-state index in [2.05, 4.69) is 44.1 Å². The summed E-state index contributed by atoms with van der Waals surface area (Å²) < 4.78 is 0. The van der Waals surface area contributed by atoms with Gasteiger partial charge in [0.05, 0.1) is 5.39 Å². The van der Waals surface area contributed by atoms with E-state index >= 15 is 0 Å². The van der Waals surface area contributed by atoms with Gasteiger partial charge >= 0.3 is 0 Å². The molecule has 0 bridgehead atoms. The zero-order chi connectivity index (χ0) is 24.2. The lowest BCUT2D eigenvalue weighted by molar-refractivity contribution is -0.117. The minimum absolute atomic E-state index is 0.0432. The molecule has 2 aliphatic rings. The highest BCUT2D eigenvalue weighted by molar-refractivity contribution is 5.94. The Morgan fingerprint density at radius 1 is 1.17 bits per heavy atom. The number of carbonyl (C=O) groups excluding carboxylic acids is 1. The molecule has 1 unspecified atom stereocenters. The number of hydrogen-bond donors (Lipinski definition) is 3. The highest BCUT2D eigenvalue weighted by Gasteiger charge is 2.25. The maximum Gasteiger partial charge on any atom is 0.259 e. The fourth-order valence-corrected chi connectivity index (χ4v) is 4.98. The molecule has 5 rings (SSSR count). The highest BCUT2D eigenvalue weighted by Crippen LogP contribution is 2.28. The number of likely N-dealkylation sites (tertiary alicyclic amines) is 1. The summed E-state index contributed by atoms with van der Waals surface area (Å²) in [5.41, 5.74) is 2.02. The first-order chi connectivity index (χ1) is 17.1. The van der Waals surface area contributed by atoms with E-state index in [-0.39, 0.29) is 17.5 Å².